The molecule has 26 heavy (non-hydrogen) atoms. The van der Waals surface area contributed by atoms with Gasteiger partial charge in [0.15, 0.2) is 0 Å². The van der Waals surface area contributed by atoms with E-state index < -0.39 is 5.60 Å². The lowest BCUT2D eigenvalue weighted by Gasteiger charge is -2.41. The molecule has 1 aromatic rings. The van der Waals surface area contributed by atoms with Crippen molar-refractivity contribution in [1.29, 1.82) is 0 Å². The molecule has 1 fully saturated rings. The van der Waals surface area contributed by atoms with Crippen LogP contribution in [0, 0.1) is 0 Å². The smallest absolute Gasteiger partial charge is 0.410 e. The van der Waals surface area contributed by atoms with Crippen molar-refractivity contribution < 1.29 is 19.4 Å². The highest BCUT2D eigenvalue weighted by molar-refractivity contribution is 5.70. The van der Waals surface area contributed by atoms with Gasteiger partial charge in [0.05, 0.1) is 25.9 Å². The number of carbonyl (C=O) groups excluding carboxylic acids is 1. The molecular weight excluding hydrogens is 332 g/mol. The van der Waals surface area contributed by atoms with E-state index in [0.717, 1.165) is 25.3 Å². The van der Waals surface area contributed by atoms with Crippen LogP contribution in [-0.2, 0) is 22.4 Å². The normalized spacial score (nSPS) is 23.6. The van der Waals surface area contributed by atoms with Gasteiger partial charge in [0.2, 0.25) is 0 Å². The Morgan fingerprint density at radius 1 is 1.38 bits per heavy atom. The summed E-state index contributed by atoms with van der Waals surface area (Å²) < 4.78 is 11.1. The summed E-state index contributed by atoms with van der Waals surface area (Å²) in [5.41, 5.74) is 2.99. The summed E-state index contributed by atoms with van der Waals surface area (Å²) >= 11 is 0. The molecule has 6 heteroatoms. The highest BCUT2D eigenvalue weighted by Crippen LogP contribution is 2.33. The van der Waals surface area contributed by atoms with Crippen LogP contribution in [0.5, 0.6) is 0 Å². The van der Waals surface area contributed by atoms with E-state index in [4.69, 9.17) is 9.47 Å². The second kappa shape index (κ2) is 7.45. The van der Waals surface area contributed by atoms with Crippen LogP contribution < -0.4 is 4.90 Å². The van der Waals surface area contributed by atoms with E-state index in [1.165, 1.54) is 11.3 Å². The fraction of sp³-hybridized carbons (Fsp3) is 0.650. The molecule has 1 amide bonds. The maximum atomic E-state index is 12.6. The number of ether oxygens (including phenoxy) is 2. The minimum atomic E-state index is -0.553. The van der Waals surface area contributed by atoms with Crippen LogP contribution in [-0.4, -0.2) is 60.1 Å². The number of aliphatic hydroxyl groups is 1. The number of hydrogen-bond acceptors (Lipinski definition) is 5. The number of fused-ring (bicyclic) bond motifs is 1. The van der Waals surface area contributed by atoms with E-state index in [9.17, 15) is 9.90 Å². The highest BCUT2D eigenvalue weighted by Gasteiger charge is 2.34. The molecule has 0 bridgehead atoms. The van der Waals surface area contributed by atoms with Crippen molar-refractivity contribution in [3.05, 3.63) is 29.3 Å². The van der Waals surface area contributed by atoms with Crippen molar-refractivity contribution >= 4 is 11.8 Å². The molecule has 1 N–H and O–H groups in total. The number of anilines is 1. The summed E-state index contributed by atoms with van der Waals surface area (Å²) in [6.45, 7) is 10.4. The van der Waals surface area contributed by atoms with Gasteiger partial charge in [-0.15, -0.1) is 0 Å². The molecule has 2 atom stereocenters. The molecule has 0 aliphatic carbocycles. The summed E-state index contributed by atoms with van der Waals surface area (Å²) in [7, 11) is 0. The Kier molecular flexibility index (Phi) is 5.44. The van der Waals surface area contributed by atoms with Crippen molar-refractivity contribution in [2.75, 3.05) is 31.3 Å². The maximum absolute atomic E-state index is 12.6. The zero-order valence-electron chi connectivity index (χ0n) is 16.2. The molecule has 0 spiro atoms. The van der Waals surface area contributed by atoms with Crippen LogP contribution in [0.1, 0.15) is 38.8 Å². The number of hydrogen-bond donors (Lipinski definition) is 1. The van der Waals surface area contributed by atoms with E-state index in [2.05, 4.69) is 24.0 Å². The second-order valence-corrected chi connectivity index (χ2v) is 8.18. The fourth-order valence-electron chi connectivity index (χ4n) is 3.71. The van der Waals surface area contributed by atoms with Gasteiger partial charge in [-0.2, -0.15) is 0 Å². The first kappa shape index (κ1) is 19.0. The number of benzene rings is 1. The maximum Gasteiger partial charge on any atom is 0.410 e. The average Bonchev–Trinajstić information content (AvgIpc) is 2.59. The zero-order chi connectivity index (χ0) is 18.9. The monoisotopic (exact) mass is 362 g/mol. The van der Waals surface area contributed by atoms with E-state index in [0.29, 0.717) is 19.0 Å². The van der Waals surface area contributed by atoms with Crippen LogP contribution in [0.4, 0.5) is 10.5 Å². The topological polar surface area (TPSA) is 62.2 Å². The van der Waals surface area contributed by atoms with Crippen LogP contribution >= 0.6 is 0 Å². The third kappa shape index (κ3) is 3.96. The minimum absolute atomic E-state index is 0.0777. The second-order valence-electron chi connectivity index (χ2n) is 8.18. The number of amides is 1. The van der Waals surface area contributed by atoms with Crippen LogP contribution in [0.25, 0.3) is 0 Å². The van der Waals surface area contributed by atoms with Crippen molar-refractivity contribution in [3.63, 3.8) is 0 Å². The quantitative estimate of drug-likeness (QED) is 0.876. The number of carbonyl (C=O) groups is 1. The highest BCUT2D eigenvalue weighted by atomic mass is 16.6. The van der Waals surface area contributed by atoms with Crippen LogP contribution in [0.2, 0.25) is 0 Å². The molecule has 0 radical (unpaired) electrons. The molecule has 1 saturated heterocycles. The molecular formula is C20H30N2O4. The first-order valence-electron chi connectivity index (χ1n) is 9.36. The molecule has 6 nitrogen and oxygen atoms in total. The van der Waals surface area contributed by atoms with E-state index in [1.54, 1.807) is 4.90 Å². The Morgan fingerprint density at radius 3 is 2.81 bits per heavy atom. The summed E-state index contributed by atoms with van der Waals surface area (Å²) in [5, 5.41) is 9.90. The predicted molar refractivity (Wildman–Crippen MR) is 100 cm³/mol. The van der Waals surface area contributed by atoms with Crippen LogP contribution in [0.15, 0.2) is 18.2 Å². The van der Waals surface area contributed by atoms with E-state index >= 15 is 0 Å². The Bertz CT molecular complexity index is 656. The molecule has 2 heterocycles. The summed E-state index contributed by atoms with van der Waals surface area (Å²) in [6.07, 6.45) is 0.262. The summed E-state index contributed by atoms with van der Waals surface area (Å²) in [4.78, 5) is 16.6. The van der Waals surface area contributed by atoms with Gasteiger partial charge in [0.1, 0.15) is 5.60 Å². The number of nitrogens with zero attached hydrogens (tertiary/aromatic N) is 2. The van der Waals surface area contributed by atoms with Gasteiger partial charge in [-0.25, -0.2) is 4.79 Å². The lowest BCUT2D eigenvalue weighted by Crippen LogP contribution is -2.49. The molecule has 3 rings (SSSR count). The third-order valence-corrected chi connectivity index (χ3v) is 4.99. The number of morpholine rings is 1. The molecule has 144 valence electrons. The van der Waals surface area contributed by atoms with Crippen molar-refractivity contribution in [2.45, 2.75) is 58.3 Å². The van der Waals surface area contributed by atoms with Crippen LogP contribution in [0.3, 0.4) is 0 Å². The van der Waals surface area contributed by atoms with E-state index in [-0.39, 0.29) is 18.7 Å². The lowest BCUT2D eigenvalue weighted by atomic mass is 9.92. The Hall–Kier alpha value is -1.79. The first-order chi connectivity index (χ1) is 12.3. The van der Waals surface area contributed by atoms with Gasteiger partial charge in [-0.3, -0.25) is 4.90 Å². The summed E-state index contributed by atoms with van der Waals surface area (Å²) in [6, 6.07) is 6.29. The fourth-order valence-corrected chi connectivity index (χ4v) is 3.71. The van der Waals surface area contributed by atoms with E-state index in [1.807, 2.05) is 26.8 Å². The molecule has 2 aliphatic rings. The molecule has 2 aliphatic heterocycles. The van der Waals surface area contributed by atoms with Crippen molar-refractivity contribution in [2.24, 2.45) is 0 Å². The molecule has 0 unspecified atom stereocenters. The first-order valence-corrected chi connectivity index (χ1v) is 9.36. The average molecular weight is 362 g/mol. The van der Waals surface area contributed by atoms with Gasteiger partial charge in [-0.1, -0.05) is 12.1 Å². The summed E-state index contributed by atoms with van der Waals surface area (Å²) in [5.74, 6) is 0. The lowest BCUT2D eigenvalue weighted by molar-refractivity contribution is 0.00462. The van der Waals surface area contributed by atoms with Gasteiger partial charge in [-0.05, 0) is 51.3 Å². The van der Waals surface area contributed by atoms with Gasteiger partial charge in [0, 0.05) is 24.8 Å². The van der Waals surface area contributed by atoms with Crippen molar-refractivity contribution in [3.8, 4) is 0 Å². The predicted octanol–water partition coefficient (Wildman–Crippen LogP) is 2.57. The number of aliphatic hydroxyl groups excluding tert-OH is 1. The minimum Gasteiger partial charge on any atom is -0.444 e. The SMILES string of the molecule is C[C@@H]1COCCN1c1cccc2c1C[C@H](CO)N(C(=O)OC(C)(C)C)C2. The molecule has 0 saturated carbocycles. The third-order valence-electron chi connectivity index (χ3n) is 4.99. The molecule has 0 aromatic heterocycles. The Balaban J connectivity index is 1.88. The largest absolute Gasteiger partial charge is 0.444 e. The number of rotatable bonds is 2. The Labute approximate surface area is 155 Å². The Morgan fingerprint density at radius 2 is 2.15 bits per heavy atom. The standard InChI is InChI=1S/C20H30N2O4/c1-14-13-25-9-8-21(14)18-7-5-6-15-11-22(16(12-23)10-17(15)18)19(24)26-20(2,3)4/h5-7,14,16,23H,8-13H2,1-4H3/t14-,16-/m1/s1. The van der Waals surface area contributed by atoms with Gasteiger partial charge in [0.25, 0.3) is 0 Å². The van der Waals surface area contributed by atoms with Crippen molar-refractivity contribution in [1.82, 2.24) is 4.90 Å². The van der Waals surface area contributed by atoms with Gasteiger partial charge >= 0.3 is 6.09 Å². The molecule has 1 aromatic carbocycles. The zero-order valence-corrected chi connectivity index (χ0v) is 16.2. The van der Waals surface area contributed by atoms with Gasteiger partial charge < -0.3 is 19.5 Å².